The first-order valence-electron chi connectivity index (χ1n) is 10.2. The van der Waals surface area contributed by atoms with Gasteiger partial charge in [-0.1, -0.05) is 18.2 Å². The molecule has 0 aliphatic rings. The topological polar surface area (TPSA) is 56.5 Å². The quantitative estimate of drug-likeness (QED) is 0.262. The van der Waals surface area contributed by atoms with E-state index in [0.717, 1.165) is 71.3 Å². The van der Waals surface area contributed by atoms with Gasteiger partial charge in [-0.25, -0.2) is 4.98 Å². The molecule has 5 aromatic heterocycles. The summed E-state index contributed by atoms with van der Waals surface area (Å²) >= 11 is 0. The third kappa shape index (κ3) is 1.86. The fourth-order valence-corrected chi connectivity index (χ4v) is 4.92. The molecule has 0 aliphatic heterocycles. The summed E-state index contributed by atoms with van der Waals surface area (Å²) in [5, 5.41) is 6.36. The molecule has 3 aromatic carbocycles. The Morgan fingerprint density at radius 3 is 2.26 bits per heavy atom. The Morgan fingerprint density at radius 1 is 0.581 bits per heavy atom. The Kier molecular flexibility index (Phi) is 2.60. The van der Waals surface area contributed by atoms with Gasteiger partial charge in [-0.2, -0.15) is 0 Å². The summed E-state index contributed by atoms with van der Waals surface area (Å²) in [6, 6.07) is 20.6. The van der Waals surface area contributed by atoms with E-state index in [0.29, 0.717) is 0 Å². The molecule has 0 amide bonds. The van der Waals surface area contributed by atoms with Gasteiger partial charge in [0.25, 0.3) is 0 Å². The molecular formula is C26H13N3O2. The fraction of sp³-hybridized carbons (Fsp3) is 0. The van der Waals surface area contributed by atoms with Gasteiger partial charge in [0.2, 0.25) is 0 Å². The molecule has 8 rings (SSSR count). The van der Waals surface area contributed by atoms with Crippen molar-refractivity contribution in [3.8, 4) is 0 Å². The minimum absolute atomic E-state index is 0.838. The predicted molar refractivity (Wildman–Crippen MR) is 123 cm³/mol. The predicted octanol–water partition coefficient (Wildman–Crippen LogP) is 6.83. The molecule has 8 aromatic rings. The second kappa shape index (κ2) is 5.21. The highest BCUT2D eigenvalue weighted by molar-refractivity contribution is 6.19. The van der Waals surface area contributed by atoms with Crippen molar-refractivity contribution in [1.82, 2.24) is 14.4 Å². The van der Waals surface area contributed by atoms with Crippen LogP contribution in [0.5, 0.6) is 0 Å². The van der Waals surface area contributed by atoms with Crippen molar-refractivity contribution in [1.29, 1.82) is 0 Å². The summed E-state index contributed by atoms with van der Waals surface area (Å²) in [7, 11) is 0. The van der Waals surface area contributed by atoms with E-state index in [4.69, 9.17) is 8.83 Å². The van der Waals surface area contributed by atoms with Crippen LogP contribution in [0.15, 0.2) is 88.1 Å². The Labute approximate surface area is 174 Å². The van der Waals surface area contributed by atoms with Gasteiger partial charge in [0.1, 0.15) is 28.0 Å². The number of hydrogen-bond acceptors (Lipinski definition) is 4. The monoisotopic (exact) mass is 399 g/mol. The van der Waals surface area contributed by atoms with E-state index in [1.54, 1.807) is 0 Å². The highest BCUT2D eigenvalue weighted by atomic mass is 16.3. The largest absolute Gasteiger partial charge is 0.456 e. The first kappa shape index (κ1) is 15.5. The lowest BCUT2D eigenvalue weighted by atomic mass is 10.1. The first-order chi connectivity index (χ1) is 15.3. The summed E-state index contributed by atoms with van der Waals surface area (Å²) < 4.78 is 14.5. The maximum absolute atomic E-state index is 6.33. The molecule has 144 valence electrons. The molecule has 0 fully saturated rings. The summed E-state index contributed by atoms with van der Waals surface area (Å²) in [6.45, 7) is 0. The number of fused-ring (bicyclic) bond motifs is 12. The Bertz CT molecular complexity index is 2010. The van der Waals surface area contributed by atoms with Crippen molar-refractivity contribution in [3.05, 3.63) is 79.3 Å². The van der Waals surface area contributed by atoms with E-state index in [1.165, 1.54) is 0 Å². The van der Waals surface area contributed by atoms with Gasteiger partial charge in [-0.05, 0) is 36.4 Å². The minimum Gasteiger partial charge on any atom is -0.456 e. The summed E-state index contributed by atoms with van der Waals surface area (Å²) in [6.07, 6.45) is 5.64. The zero-order valence-electron chi connectivity index (χ0n) is 16.2. The number of pyridine rings is 2. The van der Waals surface area contributed by atoms with Gasteiger partial charge >= 0.3 is 0 Å². The smallest absolute Gasteiger partial charge is 0.146 e. The molecule has 0 aliphatic carbocycles. The zero-order chi connectivity index (χ0) is 20.1. The lowest BCUT2D eigenvalue weighted by molar-refractivity contribution is 0.664. The summed E-state index contributed by atoms with van der Waals surface area (Å²) in [4.78, 5) is 9.25. The zero-order valence-corrected chi connectivity index (χ0v) is 16.2. The molecule has 0 saturated heterocycles. The maximum Gasteiger partial charge on any atom is 0.146 e. The Balaban J connectivity index is 1.58. The first-order valence-corrected chi connectivity index (χ1v) is 10.2. The van der Waals surface area contributed by atoms with Crippen LogP contribution < -0.4 is 0 Å². The SMILES string of the molecule is c1ccc2c(c1)oc1cc3c(cc12)oc1cc2c(cc13)c1ncccc1c1nccn21. The Morgan fingerprint density at radius 2 is 1.32 bits per heavy atom. The fourth-order valence-electron chi connectivity index (χ4n) is 4.92. The lowest BCUT2D eigenvalue weighted by Crippen LogP contribution is -1.91. The van der Waals surface area contributed by atoms with Crippen molar-refractivity contribution in [2.45, 2.75) is 0 Å². The number of aromatic nitrogens is 3. The van der Waals surface area contributed by atoms with Crippen LogP contribution in [0, 0.1) is 0 Å². The van der Waals surface area contributed by atoms with Crippen LogP contribution >= 0.6 is 0 Å². The molecule has 0 bridgehead atoms. The minimum atomic E-state index is 0.838. The van der Waals surface area contributed by atoms with Crippen LogP contribution in [0.4, 0.5) is 0 Å². The molecule has 0 N–H and O–H groups in total. The van der Waals surface area contributed by atoms with Crippen LogP contribution in [0.3, 0.4) is 0 Å². The summed E-state index contributed by atoms with van der Waals surface area (Å²) in [5.74, 6) is 0. The number of rotatable bonds is 0. The third-order valence-electron chi connectivity index (χ3n) is 6.29. The van der Waals surface area contributed by atoms with E-state index in [1.807, 2.05) is 42.9 Å². The highest BCUT2D eigenvalue weighted by Crippen LogP contribution is 2.39. The van der Waals surface area contributed by atoms with Crippen molar-refractivity contribution in [3.63, 3.8) is 0 Å². The normalized spacial score (nSPS) is 12.5. The molecular weight excluding hydrogens is 386 g/mol. The van der Waals surface area contributed by atoms with E-state index in [-0.39, 0.29) is 0 Å². The second-order valence-electron chi connectivity index (χ2n) is 7.93. The van der Waals surface area contributed by atoms with E-state index >= 15 is 0 Å². The molecule has 5 heteroatoms. The van der Waals surface area contributed by atoms with Crippen LogP contribution in [0.25, 0.3) is 71.3 Å². The second-order valence-corrected chi connectivity index (χ2v) is 7.93. The lowest BCUT2D eigenvalue weighted by Gasteiger charge is -2.07. The van der Waals surface area contributed by atoms with E-state index < -0.39 is 0 Å². The molecule has 0 unspecified atom stereocenters. The van der Waals surface area contributed by atoms with Crippen molar-refractivity contribution < 1.29 is 8.83 Å². The third-order valence-corrected chi connectivity index (χ3v) is 6.29. The van der Waals surface area contributed by atoms with Crippen LogP contribution in [0.1, 0.15) is 0 Å². The van der Waals surface area contributed by atoms with E-state index in [9.17, 15) is 0 Å². The average Bonchev–Trinajstić information content (AvgIpc) is 3.51. The van der Waals surface area contributed by atoms with Crippen LogP contribution in [-0.4, -0.2) is 14.4 Å². The van der Waals surface area contributed by atoms with Crippen molar-refractivity contribution in [2.75, 3.05) is 0 Å². The molecule has 0 atom stereocenters. The van der Waals surface area contributed by atoms with Crippen molar-refractivity contribution >= 4 is 71.3 Å². The van der Waals surface area contributed by atoms with Crippen LogP contribution in [0.2, 0.25) is 0 Å². The average molecular weight is 399 g/mol. The molecule has 0 radical (unpaired) electrons. The van der Waals surface area contributed by atoms with Gasteiger partial charge < -0.3 is 8.83 Å². The number of nitrogens with zero attached hydrogens (tertiary/aromatic N) is 3. The van der Waals surface area contributed by atoms with E-state index in [2.05, 4.69) is 50.8 Å². The van der Waals surface area contributed by atoms with Gasteiger partial charge in [0.05, 0.1) is 11.0 Å². The van der Waals surface area contributed by atoms with Gasteiger partial charge in [-0.3, -0.25) is 9.38 Å². The number of imidazole rings is 1. The van der Waals surface area contributed by atoms with Gasteiger partial charge in [-0.15, -0.1) is 0 Å². The highest BCUT2D eigenvalue weighted by Gasteiger charge is 2.16. The Hall–Kier alpha value is -4.38. The maximum atomic E-state index is 6.33. The van der Waals surface area contributed by atoms with Crippen molar-refractivity contribution in [2.24, 2.45) is 0 Å². The number of hydrogen-bond donors (Lipinski definition) is 0. The molecule has 5 nitrogen and oxygen atoms in total. The summed E-state index contributed by atoms with van der Waals surface area (Å²) in [5.41, 5.74) is 6.31. The molecule has 0 saturated carbocycles. The number of benzene rings is 3. The molecule has 5 heterocycles. The van der Waals surface area contributed by atoms with Gasteiger partial charge in [0.15, 0.2) is 0 Å². The number of furan rings is 2. The molecule has 0 spiro atoms. The van der Waals surface area contributed by atoms with Crippen LogP contribution in [-0.2, 0) is 0 Å². The molecule has 31 heavy (non-hydrogen) atoms. The number of para-hydroxylation sites is 1. The van der Waals surface area contributed by atoms with Gasteiger partial charge in [0, 0.05) is 57.0 Å². The standard InChI is InChI=1S/C26H13N3O2/c1-2-6-21-14(4-1)17-11-23-18(12-22(17)30-21)16-10-19-20(13-24(16)31-23)29-9-8-28-26(29)15-5-3-7-27-25(15)19/h1-13H.